The van der Waals surface area contributed by atoms with Crippen molar-refractivity contribution in [2.24, 2.45) is 0 Å². The molecule has 6 rings (SSSR count). The number of carbonyl (C=O) groups is 2. The molecule has 3 aromatic carbocycles. The Bertz CT molecular complexity index is 1650. The van der Waals surface area contributed by atoms with E-state index in [1.165, 1.54) is 38.5 Å². The van der Waals surface area contributed by atoms with Crippen LogP contribution in [0.3, 0.4) is 0 Å². The highest BCUT2D eigenvalue weighted by Gasteiger charge is 2.46. The lowest BCUT2D eigenvalue weighted by atomic mass is 9.62. The van der Waals surface area contributed by atoms with Crippen molar-refractivity contribution in [1.82, 2.24) is 0 Å². The third-order valence-corrected chi connectivity index (χ3v) is 10.7. The Morgan fingerprint density at radius 1 is 1.02 bits per heavy atom. The lowest BCUT2D eigenvalue weighted by Gasteiger charge is -2.40. The number of rotatable bonds is 9. The summed E-state index contributed by atoms with van der Waals surface area (Å²) in [6.07, 6.45) is 2.22. The van der Waals surface area contributed by atoms with Gasteiger partial charge in [0.2, 0.25) is 5.12 Å². The van der Waals surface area contributed by atoms with Crippen molar-refractivity contribution in [3.8, 4) is 16.9 Å². The summed E-state index contributed by atoms with van der Waals surface area (Å²) in [7, 11) is 0. The SMILES string of the molecule is CCOC(=O)CC1(c2ccc(OCc3ccc4scc(-c5ccc(C6CCSC(O)(O)C6)cc5C)c4c3)cc2)CC(=O)C1. The Balaban J connectivity index is 1.16. The summed E-state index contributed by atoms with van der Waals surface area (Å²) in [6.45, 7) is 4.66. The van der Waals surface area contributed by atoms with Gasteiger partial charge in [-0.25, -0.2) is 0 Å². The molecule has 1 unspecified atom stereocenters. The molecule has 0 bridgehead atoms. The van der Waals surface area contributed by atoms with Crippen LogP contribution in [0.5, 0.6) is 5.75 Å². The van der Waals surface area contributed by atoms with Crippen LogP contribution < -0.4 is 4.74 Å². The Hall–Kier alpha value is -3.17. The van der Waals surface area contributed by atoms with Gasteiger partial charge in [-0.15, -0.1) is 11.3 Å². The van der Waals surface area contributed by atoms with Crippen molar-refractivity contribution in [1.29, 1.82) is 0 Å². The number of hydrogen-bond donors (Lipinski definition) is 2. The fourth-order valence-electron chi connectivity index (χ4n) is 6.44. The third-order valence-electron chi connectivity index (χ3n) is 8.69. The molecule has 224 valence electrons. The molecule has 1 aliphatic heterocycles. The third kappa shape index (κ3) is 6.38. The lowest BCUT2D eigenvalue weighted by molar-refractivity contribution is -0.147. The van der Waals surface area contributed by atoms with Gasteiger partial charge < -0.3 is 19.7 Å². The molecule has 6 nitrogen and oxygen atoms in total. The minimum atomic E-state index is -1.65. The number of esters is 1. The molecule has 1 atom stereocenters. The molecule has 2 N–H and O–H groups in total. The maximum absolute atomic E-state index is 12.2. The first-order chi connectivity index (χ1) is 20.6. The number of aryl methyl sites for hydroxylation is 1. The van der Waals surface area contributed by atoms with E-state index in [2.05, 4.69) is 48.7 Å². The van der Waals surface area contributed by atoms with Crippen molar-refractivity contribution in [2.45, 2.75) is 69.0 Å². The predicted octanol–water partition coefficient (Wildman–Crippen LogP) is 7.26. The first-order valence-corrected chi connectivity index (χ1v) is 16.6. The van der Waals surface area contributed by atoms with Crippen LogP contribution in [-0.2, 0) is 26.3 Å². The number of hydrogen-bond acceptors (Lipinski definition) is 8. The van der Waals surface area contributed by atoms with E-state index in [-0.39, 0.29) is 24.1 Å². The topological polar surface area (TPSA) is 93.1 Å². The van der Waals surface area contributed by atoms with Crippen LogP contribution in [0, 0.1) is 6.92 Å². The van der Waals surface area contributed by atoms with E-state index in [9.17, 15) is 19.8 Å². The van der Waals surface area contributed by atoms with Crippen LogP contribution >= 0.6 is 23.1 Å². The lowest BCUT2D eigenvalue weighted by Crippen LogP contribution is -2.43. The Morgan fingerprint density at radius 2 is 1.81 bits per heavy atom. The number of carbonyl (C=O) groups excluding carboxylic acids is 2. The predicted molar refractivity (Wildman–Crippen MR) is 172 cm³/mol. The summed E-state index contributed by atoms with van der Waals surface area (Å²) >= 11 is 2.94. The molecular weight excluding hydrogens is 581 g/mol. The summed E-state index contributed by atoms with van der Waals surface area (Å²) in [5.74, 6) is 1.50. The number of thiophene rings is 1. The zero-order valence-corrected chi connectivity index (χ0v) is 26.1. The number of fused-ring (bicyclic) bond motifs is 1. The Morgan fingerprint density at radius 3 is 2.51 bits per heavy atom. The van der Waals surface area contributed by atoms with E-state index >= 15 is 0 Å². The highest BCUT2D eigenvalue weighted by Crippen LogP contribution is 2.45. The molecule has 1 aromatic heterocycles. The van der Waals surface area contributed by atoms with Gasteiger partial charge in [0.05, 0.1) is 13.0 Å². The average molecular weight is 617 g/mol. The number of ether oxygens (including phenoxy) is 2. The van der Waals surface area contributed by atoms with Crippen LogP contribution in [0.1, 0.15) is 67.2 Å². The van der Waals surface area contributed by atoms with Crippen molar-refractivity contribution in [3.05, 3.63) is 88.3 Å². The van der Waals surface area contributed by atoms with Gasteiger partial charge in [-0.1, -0.05) is 48.2 Å². The molecule has 0 amide bonds. The van der Waals surface area contributed by atoms with Crippen LogP contribution in [-0.4, -0.2) is 39.4 Å². The summed E-state index contributed by atoms with van der Waals surface area (Å²) in [5, 5.41) is 22.0. The van der Waals surface area contributed by atoms with Crippen molar-refractivity contribution in [2.75, 3.05) is 12.4 Å². The standard InChI is InChI=1S/C35H36O6S2/c1-3-40-33(37)19-34(17-27(36)18-34)26-6-8-28(9-7-26)41-20-23-4-11-32-30(15-23)31(21-42-32)29-10-5-24(14-22(29)2)25-12-13-43-35(38,39)16-25/h4-11,14-15,21,25,38-39H,3,12-13,16-20H2,1-2H3. The molecule has 4 aromatic rings. The van der Waals surface area contributed by atoms with Crippen LogP contribution in [0.2, 0.25) is 0 Å². The molecule has 43 heavy (non-hydrogen) atoms. The van der Waals surface area contributed by atoms with Gasteiger partial charge in [-0.3, -0.25) is 9.59 Å². The molecule has 0 spiro atoms. The number of benzene rings is 3. The van der Waals surface area contributed by atoms with E-state index < -0.39 is 10.5 Å². The number of aliphatic hydroxyl groups is 2. The number of ketones is 1. The highest BCUT2D eigenvalue weighted by molar-refractivity contribution is 8.00. The molecule has 0 radical (unpaired) electrons. The second kappa shape index (κ2) is 12.1. The molecule has 2 heterocycles. The van der Waals surface area contributed by atoms with Crippen molar-refractivity contribution < 1.29 is 29.3 Å². The highest BCUT2D eigenvalue weighted by atomic mass is 32.2. The molecular formula is C35H36O6S2. The number of thioether (sulfide) groups is 1. The van der Waals surface area contributed by atoms with Gasteiger partial charge in [-0.05, 0) is 89.4 Å². The van der Waals surface area contributed by atoms with E-state index in [4.69, 9.17) is 9.47 Å². The first kappa shape index (κ1) is 29.9. The first-order valence-electron chi connectivity index (χ1n) is 14.8. The Kier molecular flexibility index (Phi) is 8.39. The molecule has 1 saturated heterocycles. The summed E-state index contributed by atoms with van der Waals surface area (Å²) in [6, 6.07) is 20.7. The minimum absolute atomic E-state index is 0.139. The largest absolute Gasteiger partial charge is 0.489 e. The van der Waals surface area contributed by atoms with Crippen LogP contribution in [0.15, 0.2) is 66.0 Å². The van der Waals surface area contributed by atoms with Crippen molar-refractivity contribution >= 4 is 44.9 Å². The maximum Gasteiger partial charge on any atom is 0.306 e. The summed E-state index contributed by atoms with van der Waals surface area (Å²) < 4.78 is 12.5. The Labute approximate surface area is 260 Å². The van der Waals surface area contributed by atoms with Gasteiger partial charge in [0.25, 0.3) is 0 Å². The molecule has 2 aliphatic rings. The van der Waals surface area contributed by atoms with Gasteiger partial charge >= 0.3 is 5.97 Å². The monoisotopic (exact) mass is 616 g/mol. The zero-order chi connectivity index (χ0) is 30.2. The number of Topliss-reactive ketones (excluding diaryl/α,β-unsaturated/α-hetero) is 1. The van der Waals surface area contributed by atoms with Crippen molar-refractivity contribution in [3.63, 3.8) is 0 Å². The minimum Gasteiger partial charge on any atom is -0.489 e. The zero-order valence-electron chi connectivity index (χ0n) is 24.4. The smallest absolute Gasteiger partial charge is 0.306 e. The molecule has 8 heteroatoms. The maximum atomic E-state index is 12.2. The fraction of sp³-hybridized carbons (Fsp3) is 0.371. The van der Waals surface area contributed by atoms with Crippen LogP contribution in [0.4, 0.5) is 0 Å². The van der Waals surface area contributed by atoms with E-state index in [0.29, 0.717) is 32.5 Å². The molecule has 1 aliphatic carbocycles. The van der Waals surface area contributed by atoms with E-state index in [0.717, 1.165) is 34.6 Å². The summed E-state index contributed by atoms with van der Waals surface area (Å²) in [5.41, 5.74) is 6.26. The molecule has 1 saturated carbocycles. The van der Waals surface area contributed by atoms with E-state index in [1.54, 1.807) is 18.3 Å². The summed E-state index contributed by atoms with van der Waals surface area (Å²) in [4.78, 5) is 24.1. The van der Waals surface area contributed by atoms with E-state index in [1.807, 2.05) is 24.3 Å². The second-order valence-electron chi connectivity index (χ2n) is 11.8. The second-order valence-corrected chi connectivity index (χ2v) is 14.1. The van der Waals surface area contributed by atoms with Gasteiger partial charge in [0, 0.05) is 40.3 Å². The average Bonchev–Trinajstić information content (AvgIpc) is 3.38. The van der Waals surface area contributed by atoms with Gasteiger partial charge in [-0.2, -0.15) is 0 Å². The fourth-order valence-corrected chi connectivity index (χ4v) is 8.43. The van der Waals surface area contributed by atoms with Gasteiger partial charge in [0.15, 0.2) is 0 Å². The normalized spacial score (nSPS) is 19.2. The quantitative estimate of drug-likeness (QED) is 0.151. The van der Waals surface area contributed by atoms with Crippen LogP contribution in [0.25, 0.3) is 21.2 Å². The van der Waals surface area contributed by atoms with Gasteiger partial charge in [0.1, 0.15) is 18.1 Å². The molecule has 2 fully saturated rings.